The highest BCUT2D eigenvalue weighted by molar-refractivity contribution is 5.25. The molecule has 1 aliphatic rings. The van der Waals surface area contributed by atoms with Crippen LogP contribution >= 0.6 is 0 Å². The van der Waals surface area contributed by atoms with E-state index in [0.29, 0.717) is 12.1 Å². The van der Waals surface area contributed by atoms with Gasteiger partial charge in [0.2, 0.25) is 0 Å². The molecule has 2 rings (SSSR count). The lowest BCUT2D eigenvalue weighted by Crippen LogP contribution is -2.52. The normalized spacial score (nSPS) is 25.6. The fraction of sp³-hybridized carbons (Fsp3) is 0.600. The monoisotopic (exact) mass is 268 g/mol. The molecule has 2 N–H and O–H groups in total. The molecular weight excluding hydrogens is 246 g/mol. The van der Waals surface area contributed by atoms with E-state index < -0.39 is 11.6 Å². The molecule has 0 aliphatic carbocycles. The van der Waals surface area contributed by atoms with Crippen LogP contribution in [0.15, 0.2) is 18.2 Å². The molecule has 1 aliphatic heterocycles. The summed E-state index contributed by atoms with van der Waals surface area (Å²) in [6.45, 7) is 8.06. The number of hydrogen-bond donors (Lipinski definition) is 1. The number of rotatable bonds is 1. The average molecular weight is 268 g/mol. The predicted molar refractivity (Wildman–Crippen MR) is 73.0 cm³/mol. The largest absolute Gasteiger partial charge is 0.327 e. The highest BCUT2D eigenvalue weighted by Gasteiger charge is 2.34. The summed E-state index contributed by atoms with van der Waals surface area (Å²) in [5, 5.41) is 0. The average Bonchev–Trinajstić information content (AvgIpc) is 2.29. The Morgan fingerprint density at radius 2 is 1.95 bits per heavy atom. The maximum absolute atomic E-state index is 13.9. The SMILES string of the molecule is CC(C)(C)N1CCC(N)[C@H](c2ccc(F)cc2F)C1. The van der Waals surface area contributed by atoms with Crippen molar-refractivity contribution in [1.29, 1.82) is 0 Å². The molecule has 1 heterocycles. The zero-order valence-electron chi connectivity index (χ0n) is 11.8. The van der Waals surface area contributed by atoms with Gasteiger partial charge in [-0.1, -0.05) is 6.07 Å². The molecule has 0 amide bonds. The summed E-state index contributed by atoms with van der Waals surface area (Å²) in [5.41, 5.74) is 6.70. The molecule has 0 aromatic heterocycles. The molecule has 1 aromatic rings. The Labute approximate surface area is 113 Å². The molecule has 2 atom stereocenters. The van der Waals surface area contributed by atoms with Crippen LogP contribution in [-0.2, 0) is 0 Å². The van der Waals surface area contributed by atoms with Crippen molar-refractivity contribution in [3.05, 3.63) is 35.4 Å². The van der Waals surface area contributed by atoms with Crippen LogP contribution in [0.25, 0.3) is 0 Å². The maximum Gasteiger partial charge on any atom is 0.129 e. The molecule has 1 saturated heterocycles. The van der Waals surface area contributed by atoms with E-state index in [1.54, 1.807) is 0 Å². The third-order valence-corrected chi connectivity index (χ3v) is 3.98. The van der Waals surface area contributed by atoms with Crippen molar-refractivity contribution < 1.29 is 8.78 Å². The Kier molecular flexibility index (Phi) is 3.92. The Hall–Kier alpha value is -1.00. The minimum Gasteiger partial charge on any atom is -0.327 e. The summed E-state index contributed by atoms with van der Waals surface area (Å²) in [6, 6.07) is 3.71. The summed E-state index contributed by atoms with van der Waals surface area (Å²) >= 11 is 0. The van der Waals surface area contributed by atoms with Gasteiger partial charge in [0, 0.05) is 36.7 Å². The van der Waals surface area contributed by atoms with E-state index in [1.165, 1.54) is 12.1 Å². The molecule has 4 heteroatoms. The highest BCUT2D eigenvalue weighted by atomic mass is 19.1. The molecule has 1 unspecified atom stereocenters. The van der Waals surface area contributed by atoms with Gasteiger partial charge in [-0.25, -0.2) is 8.78 Å². The van der Waals surface area contributed by atoms with Crippen LogP contribution in [0.5, 0.6) is 0 Å². The summed E-state index contributed by atoms with van der Waals surface area (Å²) in [4.78, 5) is 2.31. The van der Waals surface area contributed by atoms with Crippen LogP contribution in [0.4, 0.5) is 8.78 Å². The smallest absolute Gasteiger partial charge is 0.129 e. The maximum atomic E-state index is 13.9. The number of nitrogens with two attached hydrogens (primary N) is 1. The minimum absolute atomic E-state index is 0.0366. The zero-order chi connectivity index (χ0) is 14.2. The van der Waals surface area contributed by atoms with E-state index in [-0.39, 0.29) is 17.5 Å². The van der Waals surface area contributed by atoms with E-state index in [0.717, 1.165) is 19.0 Å². The Morgan fingerprint density at radius 1 is 1.26 bits per heavy atom. The molecule has 1 fully saturated rings. The summed E-state index contributed by atoms with van der Waals surface area (Å²) in [7, 11) is 0. The first kappa shape index (κ1) is 14.4. The van der Waals surface area contributed by atoms with Crippen molar-refractivity contribution >= 4 is 0 Å². The van der Waals surface area contributed by atoms with Crippen LogP contribution in [0, 0.1) is 11.6 Å². The molecule has 2 nitrogen and oxygen atoms in total. The van der Waals surface area contributed by atoms with E-state index in [9.17, 15) is 8.78 Å². The Morgan fingerprint density at radius 3 is 2.53 bits per heavy atom. The summed E-state index contributed by atoms with van der Waals surface area (Å²) < 4.78 is 26.9. The van der Waals surface area contributed by atoms with Gasteiger partial charge in [-0.3, -0.25) is 4.90 Å². The van der Waals surface area contributed by atoms with E-state index in [4.69, 9.17) is 5.73 Å². The fourth-order valence-corrected chi connectivity index (χ4v) is 2.71. The van der Waals surface area contributed by atoms with Gasteiger partial charge in [0.1, 0.15) is 11.6 Å². The molecule has 0 radical (unpaired) electrons. The topological polar surface area (TPSA) is 29.3 Å². The van der Waals surface area contributed by atoms with Gasteiger partial charge in [0.25, 0.3) is 0 Å². The van der Waals surface area contributed by atoms with Crippen LogP contribution in [0.1, 0.15) is 38.7 Å². The van der Waals surface area contributed by atoms with Crippen molar-refractivity contribution in [3.63, 3.8) is 0 Å². The van der Waals surface area contributed by atoms with E-state index in [1.807, 2.05) is 0 Å². The standard InChI is InChI=1S/C15H22F2N2/c1-15(2,3)19-7-6-14(18)12(9-19)11-5-4-10(16)8-13(11)17/h4-5,8,12,14H,6-7,9,18H2,1-3H3/t12-,14?/m0/s1. The Balaban J connectivity index is 2.26. The second-order valence-corrected chi connectivity index (χ2v) is 6.34. The van der Waals surface area contributed by atoms with Gasteiger partial charge in [0.05, 0.1) is 0 Å². The second kappa shape index (κ2) is 5.17. The quantitative estimate of drug-likeness (QED) is 0.848. The van der Waals surface area contributed by atoms with Crippen LogP contribution in [-0.4, -0.2) is 29.6 Å². The molecule has 19 heavy (non-hydrogen) atoms. The molecule has 106 valence electrons. The third kappa shape index (κ3) is 3.12. The van der Waals surface area contributed by atoms with Crippen LogP contribution in [0.3, 0.4) is 0 Å². The van der Waals surface area contributed by atoms with Crippen molar-refractivity contribution in [3.8, 4) is 0 Å². The van der Waals surface area contributed by atoms with Crippen molar-refractivity contribution in [1.82, 2.24) is 4.90 Å². The molecular formula is C15H22F2N2. The van der Waals surface area contributed by atoms with Crippen molar-refractivity contribution in [2.75, 3.05) is 13.1 Å². The van der Waals surface area contributed by atoms with Crippen molar-refractivity contribution in [2.24, 2.45) is 5.73 Å². The number of halogens is 2. The molecule has 1 aromatic carbocycles. The van der Waals surface area contributed by atoms with Gasteiger partial charge in [-0.15, -0.1) is 0 Å². The minimum atomic E-state index is -0.543. The van der Waals surface area contributed by atoms with E-state index >= 15 is 0 Å². The number of likely N-dealkylation sites (tertiary alicyclic amines) is 1. The first-order valence-electron chi connectivity index (χ1n) is 6.74. The summed E-state index contributed by atoms with van der Waals surface area (Å²) in [5.74, 6) is -1.11. The zero-order valence-corrected chi connectivity index (χ0v) is 11.8. The van der Waals surface area contributed by atoms with E-state index in [2.05, 4.69) is 25.7 Å². The predicted octanol–water partition coefficient (Wildman–Crippen LogP) is 2.88. The van der Waals surface area contributed by atoms with Gasteiger partial charge in [-0.05, 0) is 38.8 Å². The third-order valence-electron chi connectivity index (χ3n) is 3.98. The molecule has 0 bridgehead atoms. The van der Waals surface area contributed by atoms with Gasteiger partial charge in [0.15, 0.2) is 0 Å². The van der Waals surface area contributed by atoms with Gasteiger partial charge in [-0.2, -0.15) is 0 Å². The molecule has 0 saturated carbocycles. The first-order valence-corrected chi connectivity index (χ1v) is 6.74. The van der Waals surface area contributed by atoms with Crippen LogP contribution in [0.2, 0.25) is 0 Å². The van der Waals surface area contributed by atoms with Crippen molar-refractivity contribution in [2.45, 2.75) is 44.7 Å². The second-order valence-electron chi connectivity index (χ2n) is 6.34. The lowest BCUT2D eigenvalue weighted by molar-refractivity contribution is 0.0890. The van der Waals surface area contributed by atoms with Gasteiger partial charge < -0.3 is 5.73 Å². The number of piperidine rings is 1. The Bertz CT molecular complexity index is 454. The van der Waals surface area contributed by atoms with Gasteiger partial charge >= 0.3 is 0 Å². The summed E-state index contributed by atoms with van der Waals surface area (Å²) in [6.07, 6.45) is 0.832. The lowest BCUT2D eigenvalue weighted by atomic mass is 9.84. The molecule has 0 spiro atoms. The fourth-order valence-electron chi connectivity index (χ4n) is 2.71. The highest BCUT2D eigenvalue weighted by Crippen LogP contribution is 2.31. The number of nitrogens with zero attached hydrogens (tertiary/aromatic N) is 1. The van der Waals surface area contributed by atoms with Crippen LogP contribution < -0.4 is 5.73 Å². The lowest BCUT2D eigenvalue weighted by Gasteiger charge is -2.44. The number of benzene rings is 1. The number of hydrogen-bond acceptors (Lipinski definition) is 2. The first-order chi connectivity index (χ1) is 8.79.